The molecular weight excluding hydrogens is 588 g/mol. The summed E-state index contributed by atoms with van der Waals surface area (Å²) in [6.45, 7) is 1.77. The van der Waals surface area contributed by atoms with Crippen molar-refractivity contribution in [3.63, 3.8) is 0 Å². The normalized spacial score (nSPS) is 15.1. The number of methoxy groups -OCH3 is 1. The predicted octanol–water partition coefficient (Wildman–Crippen LogP) is 4.85. The van der Waals surface area contributed by atoms with Gasteiger partial charge in [-0.15, -0.1) is 0 Å². The molecule has 0 radical (unpaired) electrons. The number of amides is 4. The lowest BCUT2D eigenvalue weighted by Crippen LogP contribution is -2.54. The van der Waals surface area contributed by atoms with E-state index in [1.807, 2.05) is 0 Å². The van der Waals surface area contributed by atoms with Crippen LogP contribution in [0, 0.1) is 6.92 Å². The first kappa shape index (κ1) is 26.4. The van der Waals surface area contributed by atoms with Crippen LogP contribution in [0.2, 0.25) is 5.02 Å². The van der Waals surface area contributed by atoms with Gasteiger partial charge >= 0.3 is 16.1 Å². The number of ether oxygens (including phenoxy) is 1. The summed E-state index contributed by atoms with van der Waals surface area (Å²) in [6.07, 6.45) is 1.25. The molecule has 0 spiro atoms. The third kappa shape index (κ3) is 5.38. The number of nitrogens with one attached hydrogen (secondary N) is 1. The van der Waals surface area contributed by atoms with E-state index in [9.17, 15) is 22.8 Å². The van der Waals surface area contributed by atoms with Crippen LogP contribution in [-0.4, -0.2) is 33.4 Å². The first-order valence-corrected chi connectivity index (χ1v) is 13.1. The van der Waals surface area contributed by atoms with E-state index < -0.39 is 28.0 Å². The van der Waals surface area contributed by atoms with Crippen molar-refractivity contribution < 1.29 is 31.7 Å². The van der Waals surface area contributed by atoms with Crippen LogP contribution in [-0.2, 0) is 19.7 Å². The van der Waals surface area contributed by atoms with Crippen LogP contribution in [0.25, 0.3) is 6.08 Å². The number of anilines is 1. The summed E-state index contributed by atoms with van der Waals surface area (Å²) in [4.78, 5) is 38.9. The Morgan fingerprint density at radius 3 is 2.38 bits per heavy atom. The Bertz CT molecular complexity index is 1570. The average Bonchev–Trinajstić information content (AvgIpc) is 2.85. The molecule has 0 atom stereocenters. The van der Waals surface area contributed by atoms with E-state index in [-0.39, 0.29) is 32.1 Å². The molecule has 37 heavy (non-hydrogen) atoms. The van der Waals surface area contributed by atoms with Gasteiger partial charge in [0, 0.05) is 5.02 Å². The molecule has 1 heterocycles. The van der Waals surface area contributed by atoms with Gasteiger partial charge in [0.25, 0.3) is 11.8 Å². The number of carbonyl (C=O) groups excluding carboxylic acids is 3. The fourth-order valence-corrected chi connectivity index (χ4v) is 5.23. The lowest BCUT2D eigenvalue weighted by atomic mass is 10.1. The molecule has 4 rings (SSSR count). The predicted molar refractivity (Wildman–Crippen MR) is 140 cm³/mol. The number of rotatable bonds is 6. The highest BCUT2D eigenvalue weighted by Crippen LogP contribution is 2.39. The molecule has 0 unspecified atom stereocenters. The smallest absolute Gasteiger partial charge is 0.339 e. The number of aryl methyl sites for hydroxylation is 1. The zero-order valence-corrected chi connectivity index (χ0v) is 22.5. The minimum absolute atomic E-state index is 0.0163. The molecule has 3 aromatic rings. The van der Waals surface area contributed by atoms with Crippen LogP contribution in [0.1, 0.15) is 11.1 Å². The van der Waals surface area contributed by atoms with Gasteiger partial charge in [-0.3, -0.25) is 14.9 Å². The molecule has 12 heteroatoms. The van der Waals surface area contributed by atoms with Crippen LogP contribution in [0.5, 0.6) is 11.5 Å². The second-order valence-corrected chi connectivity index (χ2v) is 10.6. The molecule has 1 fully saturated rings. The number of benzene rings is 3. The lowest BCUT2D eigenvalue weighted by molar-refractivity contribution is -0.122. The molecule has 0 aromatic heterocycles. The quantitative estimate of drug-likeness (QED) is 0.242. The fourth-order valence-electron chi connectivity index (χ4n) is 3.43. The monoisotopic (exact) mass is 604 g/mol. The minimum atomic E-state index is -4.18. The number of urea groups is 1. The zero-order chi connectivity index (χ0) is 26.9. The van der Waals surface area contributed by atoms with Crippen molar-refractivity contribution in [3.05, 3.63) is 86.9 Å². The van der Waals surface area contributed by atoms with Crippen LogP contribution in [0.4, 0.5) is 10.5 Å². The summed E-state index contributed by atoms with van der Waals surface area (Å²) >= 11 is 9.42. The Balaban J connectivity index is 1.71. The first-order valence-electron chi connectivity index (χ1n) is 10.6. The van der Waals surface area contributed by atoms with Gasteiger partial charge < -0.3 is 8.92 Å². The van der Waals surface area contributed by atoms with Gasteiger partial charge in [-0.1, -0.05) is 35.9 Å². The number of halogens is 2. The number of barbiturate groups is 1. The van der Waals surface area contributed by atoms with Crippen molar-refractivity contribution in [2.75, 3.05) is 12.0 Å². The van der Waals surface area contributed by atoms with Crippen LogP contribution < -0.4 is 19.1 Å². The molecule has 4 amide bonds. The molecule has 0 saturated carbocycles. The second kappa shape index (κ2) is 10.4. The zero-order valence-electron chi connectivity index (χ0n) is 19.3. The van der Waals surface area contributed by atoms with E-state index in [4.69, 9.17) is 20.5 Å². The maximum atomic E-state index is 13.2. The Kier molecular flexibility index (Phi) is 7.39. The van der Waals surface area contributed by atoms with Crippen molar-refractivity contribution >= 4 is 67.3 Å². The van der Waals surface area contributed by atoms with E-state index in [0.29, 0.717) is 10.6 Å². The summed E-state index contributed by atoms with van der Waals surface area (Å²) < 4.78 is 36.2. The van der Waals surface area contributed by atoms with Gasteiger partial charge in [-0.2, -0.15) is 8.42 Å². The van der Waals surface area contributed by atoms with Crippen molar-refractivity contribution in [2.24, 2.45) is 0 Å². The maximum Gasteiger partial charge on any atom is 0.339 e. The van der Waals surface area contributed by atoms with E-state index in [1.54, 1.807) is 31.2 Å². The Labute approximate surface area is 225 Å². The van der Waals surface area contributed by atoms with Crippen molar-refractivity contribution in [3.8, 4) is 11.5 Å². The second-order valence-electron chi connectivity index (χ2n) is 7.78. The van der Waals surface area contributed by atoms with Crippen LogP contribution in [0.3, 0.4) is 0 Å². The topological polar surface area (TPSA) is 119 Å². The molecule has 1 aliphatic heterocycles. The number of imide groups is 2. The summed E-state index contributed by atoms with van der Waals surface area (Å²) in [5, 5.41) is 2.48. The fraction of sp³-hybridized carbons (Fsp3) is 0.0800. The van der Waals surface area contributed by atoms with Crippen molar-refractivity contribution in [2.45, 2.75) is 11.8 Å². The molecular formula is C25H18BrClN2O7S. The van der Waals surface area contributed by atoms with Crippen molar-refractivity contribution in [1.29, 1.82) is 0 Å². The van der Waals surface area contributed by atoms with Gasteiger partial charge in [-0.25, -0.2) is 9.69 Å². The van der Waals surface area contributed by atoms with E-state index in [2.05, 4.69) is 21.2 Å². The van der Waals surface area contributed by atoms with Crippen LogP contribution >= 0.6 is 27.5 Å². The molecule has 9 nitrogen and oxygen atoms in total. The summed E-state index contributed by atoms with van der Waals surface area (Å²) in [5.41, 5.74) is 0.888. The standard InChI is InChI=1S/C25H18BrClN2O7S/c1-14-8-9-16(13-20(14)27)29-24(31)18(23(30)28-25(29)32)10-15-11-19(26)22(21(12-15)35-2)36-37(33,34)17-6-4-3-5-7-17/h3-13H,1-2H3,(H,28,30,32)/b18-10+. The number of nitrogens with zero attached hydrogens (tertiary/aromatic N) is 1. The molecule has 0 aliphatic carbocycles. The molecule has 1 aliphatic rings. The average molecular weight is 606 g/mol. The molecule has 0 bridgehead atoms. The highest BCUT2D eigenvalue weighted by atomic mass is 79.9. The Morgan fingerprint density at radius 2 is 1.73 bits per heavy atom. The van der Waals surface area contributed by atoms with Crippen molar-refractivity contribution in [1.82, 2.24) is 5.32 Å². The first-order chi connectivity index (χ1) is 17.5. The van der Waals surface area contributed by atoms with Gasteiger partial charge in [-0.05, 0) is 76.5 Å². The maximum absolute atomic E-state index is 13.2. The summed E-state index contributed by atoms with van der Waals surface area (Å²) in [6, 6.07) is 14.1. The highest BCUT2D eigenvalue weighted by molar-refractivity contribution is 9.10. The third-order valence-electron chi connectivity index (χ3n) is 5.30. The van der Waals surface area contributed by atoms with Gasteiger partial charge in [0.2, 0.25) is 0 Å². The van der Waals surface area contributed by atoms with Gasteiger partial charge in [0.05, 0.1) is 17.3 Å². The number of carbonyl (C=O) groups is 3. The SMILES string of the molecule is COc1cc(/C=C2\C(=O)NC(=O)N(c3ccc(C)c(Cl)c3)C2=O)cc(Br)c1OS(=O)(=O)c1ccccc1. The van der Waals surface area contributed by atoms with Gasteiger partial charge in [0.1, 0.15) is 10.5 Å². The third-order valence-corrected chi connectivity index (χ3v) is 7.53. The largest absolute Gasteiger partial charge is 0.493 e. The Morgan fingerprint density at radius 1 is 1.03 bits per heavy atom. The van der Waals surface area contributed by atoms with E-state index in [1.165, 1.54) is 49.6 Å². The van der Waals surface area contributed by atoms with E-state index >= 15 is 0 Å². The van der Waals surface area contributed by atoms with E-state index in [0.717, 1.165) is 10.5 Å². The molecule has 3 aromatic carbocycles. The van der Waals surface area contributed by atoms with Gasteiger partial charge in [0.15, 0.2) is 11.5 Å². The molecule has 1 saturated heterocycles. The summed E-state index contributed by atoms with van der Waals surface area (Å²) in [5.74, 6) is -1.87. The highest BCUT2D eigenvalue weighted by Gasteiger charge is 2.37. The van der Waals surface area contributed by atoms with Crippen LogP contribution in [0.15, 0.2) is 75.6 Å². The summed E-state index contributed by atoms with van der Waals surface area (Å²) in [7, 11) is -2.87. The number of hydrogen-bond donors (Lipinski definition) is 1. The Hall–Kier alpha value is -3.67. The minimum Gasteiger partial charge on any atom is -0.493 e. The number of hydrogen-bond acceptors (Lipinski definition) is 7. The molecule has 190 valence electrons. The molecule has 1 N–H and O–H groups in total. The lowest BCUT2D eigenvalue weighted by Gasteiger charge is -2.26.